The second kappa shape index (κ2) is 7.83. The van der Waals surface area contributed by atoms with E-state index in [1.54, 1.807) is 15.8 Å². The minimum atomic E-state index is -0.132. The number of unbranched alkanes of at least 4 members (excludes halogenated alkanes) is 1. The molecule has 7 heteroatoms. The number of rotatable bonds is 6. The number of likely N-dealkylation sites (N-methyl/N-ethyl adjacent to an activating group) is 1. The minimum absolute atomic E-state index is 0.132. The summed E-state index contributed by atoms with van der Waals surface area (Å²) in [6, 6.07) is 7.61. The van der Waals surface area contributed by atoms with Gasteiger partial charge < -0.3 is 4.90 Å². The van der Waals surface area contributed by atoms with Crippen molar-refractivity contribution in [1.82, 2.24) is 9.78 Å². The van der Waals surface area contributed by atoms with Gasteiger partial charge in [-0.1, -0.05) is 43.1 Å². The molecule has 26 heavy (non-hydrogen) atoms. The first-order valence-corrected chi connectivity index (χ1v) is 9.21. The van der Waals surface area contributed by atoms with Crippen LogP contribution in [0, 0.1) is 6.92 Å². The maximum atomic E-state index is 12.6. The number of carbonyl (C=O) groups excluding carboxylic acids is 1. The molecule has 0 atom stereocenters. The maximum Gasteiger partial charge on any atom is 0.279 e. The number of aromatic nitrogens is 2. The molecule has 2 heterocycles. The average molecular weight is 372 g/mol. The first kappa shape index (κ1) is 18.3. The van der Waals surface area contributed by atoms with Crippen LogP contribution in [0.15, 0.2) is 34.5 Å². The Labute approximate surface area is 158 Å². The Hall–Kier alpha value is -2.47. The van der Waals surface area contributed by atoms with Crippen molar-refractivity contribution in [2.24, 2.45) is 10.2 Å². The SMILES string of the molecule is CCCCn1nc(C)c(/C=N\N=C2\C(=O)N(CC)c3ccccc32)c1Cl. The fraction of sp³-hybridized carbons (Fsp3) is 0.368. The van der Waals surface area contributed by atoms with E-state index in [1.807, 2.05) is 38.1 Å². The number of hydrogen-bond donors (Lipinski definition) is 0. The normalized spacial score (nSPS) is 15.5. The molecule has 0 spiro atoms. The number of aryl methyl sites for hydroxylation is 2. The van der Waals surface area contributed by atoms with E-state index in [0.29, 0.717) is 17.4 Å². The summed E-state index contributed by atoms with van der Waals surface area (Å²) >= 11 is 6.40. The molecule has 1 aliphatic heterocycles. The zero-order chi connectivity index (χ0) is 18.7. The number of nitrogens with zero attached hydrogens (tertiary/aromatic N) is 5. The lowest BCUT2D eigenvalue weighted by Gasteiger charge is -2.12. The monoisotopic (exact) mass is 371 g/mol. The van der Waals surface area contributed by atoms with E-state index in [2.05, 4.69) is 22.2 Å². The molecule has 6 nitrogen and oxygen atoms in total. The molecule has 0 saturated carbocycles. The van der Waals surface area contributed by atoms with Gasteiger partial charge in [-0.05, 0) is 26.3 Å². The lowest BCUT2D eigenvalue weighted by Crippen LogP contribution is -2.29. The molecule has 2 aromatic rings. The Morgan fingerprint density at radius 2 is 2.04 bits per heavy atom. The van der Waals surface area contributed by atoms with Crippen molar-refractivity contribution in [3.05, 3.63) is 46.2 Å². The molecule has 136 valence electrons. The Balaban J connectivity index is 1.89. The van der Waals surface area contributed by atoms with Crippen LogP contribution in [0.25, 0.3) is 0 Å². The van der Waals surface area contributed by atoms with E-state index in [-0.39, 0.29) is 5.91 Å². The molecule has 0 radical (unpaired) electrons. The molecule has 0 fully saturated rings. The van der Waals surface area contributed by atoms with E-state index in [4.69, 9.17) is 11.6 Å². The number of hydrogen-bond acceptors (Lipinski definition) is 4. The molecular formula is C19H22ClN5O. The van der Waals surface area contributed by atoms with Gasteiger partial charge in [0.25, 0.3) is 5.91 Å². The van der Waals surface area contributed by atoms with E-state index < -0.39 is 0 Å². The van der Waals surface area contributed by atoms with Gasteiger partial charge in [0.2, 0.25) is 0 Å². The summed E-state index contributed by atoms with van der Waals surface area (Å²) in [5.41, 5.74) is 3.56. The van der Waals surface area contributed by atoms with Crippen LogP contribution in [-0.4, -0.2) is 34.2 Å². The number of halogens is 1. The van der Waals surface area contributed by atoms with Crippen LogP contribution in [0.5, 0.6) is 0 Å². The van der Waals surface area contributed by atoms with Gasteiger partial charge in [-0.25, -0.2) is 0 Å². The van der Waals surface area contributed by atoms with E-state index >= 15 is 0 Å². The van der Waals surface area contributed by atoms with Crippen molar-refractivity contribution in [2.45, 2.75) is 40.2 Å². The third kappa shape index (κ3) is 3.29. The van der Waals surface area contributed by atoms with Crippen LogP contribution in [0.3, 0.4) is 0 Å². The summed E-state index contributed by atoms with van der Waals surface area (Å²) in [6.45, 7) is 7.31. The predicted octanol–water partition coefficient (Wildman–Crippen LogP) is 3.83. The Bertz CT molecular complexity index is 884. The summed E-state index contributed by atoms with van der Waals surface area (Å²) in [4.78, 5) is 14.3. The van der Waals surface area contributed by atoms with E-state index in [9.17, 15) is 4.79 Å². The topological polar surface area (TPSA) is 62.9 Å². The van der Waals surface area contributed by atoms with Gasteiger partial charge in [-0.2, -0.15) is 10.2 Å². The van der Waals surface area contributed by atoms with Crippen molar-refractivity contribution in [3.8, 4) is 0 Å². The zero-order valence-corrected chi connectivity index (χ0v) is 16.0. The first-order valence-electron chi connectivity index (χ1n) is 8.83. The summed E-state index contributed by atoms with van der Waals surface area (Å²) in [6.07, 6.45) is 3.66. The molecule has 1 aromatic heterocycles. The Morgan fingerprint density at radius 1 is 1.27 bits per heavy atom. The average Bonchev–Trinajstić information content (AvgIpc) is 3.07. The smallest absolute Gasteiger partial charge is 0.279 e. The van der Waals surface area contributed by atoms with Crippen molar-refractivity contribution in [3.63, 3.8) is 0 Å². The summed E-state index contributed by atoms with van der Waals surface area (Å²) in [7, 11) is 0. The number of anilines is 1. The van der Waals surface area contributed by atoms with Crippen LogP contribution in [-0.2, 0) is 11.3 Å². The molecule has 0 aliphatic carbocycles. The highest BCUT2D eigenvalue weighted by Gasteiger charge is 2.32. The molecular weight excluding hydrogens is 350 g/mol. The molecule has 1 aromatic carbocycles. The van der Waals surface area contributed by atoms with E-state index in [0.717, 1.165) is 41.9 Å². The Kier molecular flexibility index (Phi) is 5.52. The summed E-state index contributed by atoms with van der Waals surface area (Å²) < 4.78 is 1.78. The van der Waals surface area contributed by atoms with Gasteiger partial charge in [0.05, 0.1) is 23.2 Å². The maximum absolute atomic E-state index is 12.6. The van der Waals surface area contributed by atoms with Crippen LogP contribution < -0.4 is 4.90 Å². The third-order valence-corrected chi connectivity index (χ3v) is 4.79. The predicted molar refractivity (Wildman–Crippen MR) is 105 cm³/mol. The lowest BCUT2D eigenvalue weighted by atomic mass is 10.1. The third-order valence-electron chi connectivity index (χ3n) is 4.39. The fourth-order valence-electron chi connectivity index (χ4n) is 2.99. The van der Waals surface area contributed by atoms with Gasteiger partial charge in [0.1, 0.15) is 5.15 Å². The molecule has 0 bridgehead atoms. The molecule has 0 unspecified atom stereocenters. The van der Waals surface area contributed by atoms with Gasteiger partial charge in [-0.3, -0.25) is 9.48 Å². The quantitative estimate of drug-likeness (QED) is 0.572. The molecule has 0 N–H and O–H groups in total. The molecule has 1 aliphatic rings. The number of amides is 1. The van der Waals surface area contributed by atoms with Gasteiger partial charge in [-0.15, -0.1) is 5.10 Å². The Morgan fingerprint density at radius 3 is 2.77 bits per heavy atom. The van der Waals surface area contributed by atoms with Crippen LogP contribution in [0.4, 0.5) is 5.69 Å². The molecule has 0 saturated heterocycles. The van der Waals surface area contributed by atoms with Gasteiger partial charge in [0.15, 0.2) is 5.71 Å². The number of carbonyl (C=O) groups is 1. The highest BCUT2D eigenvalue weighted by Crippen LogP contribution is 2.28. The minimum Gasteiger partial charge on any atom is -0.307 e. The van der Waals surface area contributed by atoms with E-state index in [1.165, 1.54) is 0 Å². The zero-order valence-electron chi connectivity index (χ0n) is 15.2. The van der Waals surface area contributed by atoms with Crippen molar-refractivity contribution < 1.29 is 4.79 Å². The molecule has 1 amide bonds. The largest absolute Gasteiger partial charge is 0.307 e. The number of fused-ring (bicyclic) bond motifs is 1. The van der Waals surface area contributed by atoms with Crippen LogP contribution >= 0.6 is 11.6 Å². The summed E-state index contributed by atoms with van der Waals surface area (Å²) in [5.74, 6) is -0.132. The van der Waals surface area contributed by atoms with Gasteiger partial charge >= 0.3 is 0 Å². The summed E-state index contributed by atoms with van der Waals surface area (Å²) in [5, 5.41) is 13.3. The van der Waals surface area contributed by atoms with Crippen molar-refractivity contribution in [1.29, 1.82) is 0 Å². The second-order valence-electron chi connectivity index (χ2n) is 6.13. The van der Waals surface area contributed by atoms with Gasteiger partial charge in [0, 0.05) is 18.7 Å². The van der Waals surface area contributed by atoms with Crippen LogP contribution in [0.1, 0.15) is 43.5 Å². The first-order chi connectivity index (χ1) is 12.6. The second-order valence-corrected chi connectivity index (χ2v) is 6.48. The fourth-order valence-corrected chi connectivity index (χ4v) is 3.29. The molecule has 3 rings (SSSR count). The standard InChI is InChI=1S/C19H22ClN5O/c1-4-6-11-25-18(20)15(13(3)23-25)12-21-22-17-14-9-7-8-10-16(14)24(5-2)19(17)26/h7-10,12H,4-6,11H2,1-3H3/b21-12-,22-17+. The highest BCUT2D eigenvalue weighted by molar-refractivity contribution is 6.54. The highest BCUT2D eigenvalue weighted by atomic mass is 35.5. The lowest BCUT2D eigenvalue weighted by molar-refractivity contribution is -0.112. The van der Waals surface area contributed by atoms with Crippen molar-refractivity contribution in [2.75, 3.05) is 11.4 Å². The number of para-hydroxylation sites is 1. The van der Waals surface area contributed by atoms with Crippen molar-refractivity contribution >= 4 is 35.1 Å². The number of benzene rings is 1. The van der Waals surface area contributed by atoms with Crippen LogP contribution in [0.2, 0.25) is 5.15 Å².